The molecular weight excluding hydrogens is 969 g/mol. The second kappa shape index (κ2) is 18.5. The highest BCUT2D eigenvalue weighted by atomic mass is 32.1. The van der Waals surface area contributed by atoms with Crippen molar-refractivity contribution in [2.45, 2.75) is 13.8 Å². The van der Waals surface area contributed by atoms with Gasteiger partial charge in [-0.2, -0.15) is 0 Å². The van der Waals surface area contributed by atoms with Crippen molar-refractivity contribution in [1.82, 2.24) is 0 Å². The van der Waals surface area contributed by atoms with E-state index >= 15 is 0 Å². The lowest BCUT2D eigenvalue weighted by Gasteiger charge is -2.23. The Morgan fingerprint density at radius 3 is 0.770 bits per heavy atom. The van der Waals surface area contributed by atoms with Crippen molar-refractivity contribution >= 4 is 88.4 Å². The fraction of sp³-hybridized carbons (Fsp3) is 0.0286. The van der Waals surface area contributed by atoms with Gasteiger partial charge in [0.15, 0.2) is 0 Å². The maximum absolute atomic E-state index is 2.44. The van der Waals surface area contributed by atoms with Crippen LogP contribution in [0.25, 0.3) is 139 Å². The number of benzene rings is 10. The topological polar surface area (TPSA) is 0 Å². The highest BCUT2D eigenvalue weighted by molar-refractivity contribution is 7.24. The normalized spacial score (nSPS) is 11.6. The smallest absolute Gasteiger partial charge is 0.0449 e. The zero-order chi connectivity index (χ0) is 49.3. The van der Waals surface area contributed by atoms with E-state index in [0.29, 0.717) is 0 Å². The molecule has 0 unspecified atom stereocenters. The van der Waals surface area contributed by atoms with Crippen LogP contribution in [-0.4, -0.2) is 0 Å². The molecular formula is C70H46S4. The molecule has 10 aromatic carbocycles. The second-order valence-corrected chi connectivity index (χ2v) is 23.9. The summed E-state index contributed by atoms with van der Waals surface area (Å²) in [4.78, 5) is 10.5. The van der Waals surface area contributed by atoms with Gasteiger partial charge >= 0.3 is 0 Å². The monoisotopic (exact) mass is 1010 g/mol. The quantitative estimate of drug-likeness (QED) is 0.126. The van der Waals surface area contributed by atoms with Gasteiger partial charge in [0.05, 0.1) is 0 Å². The molecule has 0 saturated carbocycles. The fourth-order valence-corrected chi connectivity index (χ4v) is 15.1. The van der Waals surface area contributed by atoms with E-state index in [-0.39, 0.29) is 0 Å². The highest BCUT2D eigenvalue weighted by Gasteiger charge is 2.24. The first-order valence-electron chi connectivity index (χ1n) is 25.1. The fourth-order valence-electron chi connectivity index (χ4n) is 11.2. The minimum absolute atomic E-state index is 1.21. The summed E-state index contributed by atoms with van der Waals surface area (Å²) in [5, 5.41) is 9.92. The van der Waals surface area contributed by atoms with E-state index in [1.54, 1.807) is 0 Å². The molecule has 0 radical (unpaired) electrons. The lowest BCUT2D eigenvalue weighted by atomic mass is 9.80. The van der Waals surface area contributed by atoms with Crippen molar-refractivity contribution < 1.29 is 0 Å². The molecule has 0 N–H and O–H groups in total. The molecule has 0 saturated heterocycles. The van der Waals surface area contributed by atoms with Crippen LogP contribution in [0.15, 0.2) is 243 Å². The maximum Gasteiger partial charge on any atom is 0.0449 e. The predicted octanol–water partition coefficient (Wildman–Crippen LogP) is 22.2. The van der Waals surface area contributed by atoms with Gasteiger partial charge in [-0.25, -0.2) is 0 Å². The summed E-state index contributed by atoms with van der Waals surface area (Å²) in [6.07, 6.45) is 0. The van der Waals surface area contributed by atoms with Gasteiger partial charge in [0.25, 0.3) is 0 Å². The van der Waals surface area contributed by atoms with Crippen LogP contribution in [0.2, 0.25) is 0 Å². The first-order valence-corrected chi connectivity index (χ1v) is 28.4. The first-order chi connectivity index (χ1) is 36.5. The van der Waals surface area contributed by atoms with Gasteiger partial charge in [0, 0.05) is 39.0 Å². The summed E-state index contributed by atoms with van der Waals surface area (Å²) in [6.45, 7) is 4.38. The molecule has 0 aliphatic carbocycles. The van der Waals surface area contributed by atoms with Crippen LogP contribution >= 0.6 is 45.3 Å². The van der Waals surface area contributed by atoms with Gasteiger partial charge < -0.3 is 0 Å². The lowest BCUT2D eigenvalue weighted by Crippen LogP contribution is -1.95. The van der Waals surface area contributed by atoms with Crippen molar-refractivity contribution in [3.63, 3.8) is 0 Å². The number of hydrogen-bond donors (Lipinski definition) is 0. The molecule has 350 valence electrons. The Morgan fingerprint density at radius 2 is 0.446 bits per heavy atom. The standard InChI is InChI=1S/C70H46S4/c1-43-29-31-63(71-43)65-35-33-61(73-65)49-37-47(45-17-5-3-6-18-45)39-51(41-49)67-53-21-9-13-25-57(53)69(58-26-14-10-22-54(58)67)70-59-27-15-11-23-55(59)68(56-24-12-16-28-60(56)70)52-40-48(46-19-7-4-8-20-46)38-50(42-52)62-34-36-66(74-62)64-32-30-44(2)72-64/h3-42H,1-2H3. The molecule has 4 heterocycles. The highest BCUT2D eigenvalue weighted by Crippen LogP contribution is 2.52. The van der Waals surface area contributed by atoms with Gasteiger partial charge in [0.1, 0.15) is 0 Å². The Morgan fingerprint density at radius 1 is 0.189 bits per heavy atom. The Bertz CT molecular complexity index is 4040. The van der Waals surface area contributed by atoms with E-state index in [1.807, 2.05) is 45.3 Å². The third-order valence-corrected chi connectivity index (χ3v) is 19.2. The largest absolute Gasteiger partial charge is 0.140 e. The summed E-state index contributed by atoms with van der Waals surface area (Å²) < 4.78 is 0. The Labute approximate surface area is 447 Å². The minimum atomic E-state index is 1.21. The van der Waals surface area contributed by atoms with Crippen LogP contribution in [-0.2, 0) is 0 Å². The van der Waals surface area contributed by atoms with Crippen LogP contribution in [0.1, 0.15) is 9.75 Å². The average molecular weight is 1020 g/mol. The molecule has 14 aromatic rings. The molecule has 0 bridgehead atoms. The summed E-state index contributed by atoms with van der Waals surface area (Å²) in [6, 6.07) is 91.0. The van der Waals surface area contributed by atoms with Gasteiger partial charge in [-0.1, -0.05) is 158 Å². The lowest BCUT2D eigenvalue weighted by molar-refractivity contribution is 1.60. The first kappa shape index (κ1) is 44.7. The van der Waals surface area contributed by atoms with Crippen molar-refractivity contribution in [3.8, 4) is 96.0 Å². The van der Waals surface area contributed by atoms with E-state index in [4.69, 9.17) is 0 Å². The Hall–Kier alpha value is -7.96. The molecule has 0 fully saturated rings. The van der Waals surface area contributed by atoms with Crippen LogP contribution in [0.3, 0.4) is 0 Å². The predicted molar refractivity (Wildman–Crippen MR) is 326 cm³/mol. The van der Waals surface area contributed by atoms with E-state index in [0.717, 1.165) is 0 Å². The summed E-state index contributed by atoms with van der Waals surface area (Å²) >= 11 is 7.49. The summed E-state index contributed by atoms with van der Waals surface area (Å²) in [5.74, 6) is 0. The molecule has 14 rings (SSSR count). The molecule has 4 heteroatoms. The third kappa shape index (κ3) is 7.85. The zero-order valence-corrected chi connectivity index (χ0v) is 44.0. The van der Waals surface area contributed by atoms with Crippen LogP contribution in [0.5, 0.6) is 0 Å². The molecule has 0 aliphatic rings. The third-order valence-electron chi connectivity index (χ3n) is 14.5. The average Bonchev–Trinajstić information content (AvgIpc) is 4.32. The molecule has 0 nitrogen and oxygen atoms in total. The van der Waals surface area contributed by atoms with Crippen molar-refractivity contribution in [1.29, 1.82) is 0 Å². The molecule has 0 spiro atoms. The number of thiophene rings is 4. The van der Waals surface area contributed by atoms with Gasteiger partial charge in [-0.3, -0.25) is 0 Å². The zero-order valence-electron chi connectivity index (χ0n) is 40.7. The van der Waals surface area contributed by atoms with E-state index < -0.39 is 0 Å². The summed E-state index contributed by atoms with van der Waals surface area (Å²) in [7, 11) is 0. The second-order valence-electron chi connectivity index (χ2n) is 19.2. The van der Waals surface area contributed by atoms with Crippen molar-refractivity contribution in [3.05, 3.63) is 252 Å². The van der Waals surface area contributed by atoms with Crippen molar-refractivity contribution in [2.24, 2.45) is 0 Å². The van der Waals surface area contributed by atoms with E-state index in [2.05, 4.69) is 257 Å². The van der Waals surface area contributed by atoms with Crippen LogP contribution < -0.4 is 0 Å². The molecule has 0 amide bonds. The van der Waals surface area contributed by atoms with E-state index in [9.17, 15) is 0 Å². The number of hydrogen-bond acceptors (Lipinski definition) is 4. The SMILES string of the molecule is Cc1ccc(-c2ccc(-c3cc(-c4ccccc4)cc(-c4c5ccccc5c(-c5c6ccccc6c(-c6cc(-c7ccccc7)cc(-c7ccc(-c8ccc(C)s8)s7)c6)c6ccccc56)c5ccccc45)c3)s2)s1. The molecule has 74 heavy (non-hydrogen) atoms. The molecule has 4 aromatic heterocycles. The number of rotatable bonds is 9. The number of fused-ring (bicyclic) bond motifs is 4. The van der Waals surface area contributed by atoms with Crippen molar-refractivity contribution in [2.75, 3.05) is 0 Å². The van der Waals surface area contributed by atoms with Gasteiger partial charge in [-0.15, -0.1) is 45.3 Å². The summed E-state index contributed by atoms with van der Waals surface area (Å²) in [5.41, 5.74) is 14.8. The Balaban J connectivity index is 1.01. The van der Waals surface area contributed by atoms with Crippen LogP contribution in [0, 0.1) is 13.8 Å². The van der Waals surface area contributed by atoms with Gasteiger partial charge in [0.2, 0.25) is 0 Å². The molecule has 0 aliphatic heterocycles. The molecule has 0 atom stereocenters. The van der Waals surface area contributed by atoms with E-state index in [1.165, 1.54) is 149 Å². The minimum Gasteiger partial charge on any atom is -0.140 e. The van der Waals surface area contributed by atoms with Gasteiger partial charge in [-0.05, 0) is 209 Å². The number of aryl methyl sites for hydroxylation is 2. The van der Waals surface area contributed by atoms with Crippen LogP contribution in [0.4, 0.5) is 0 Å². The maximum atomic E-state index is 2.44. The Kier molecular flexibility index (Phi) is 11.2.